The van der Waals surface area contributed by atoms with Crippen LogP contribution in [0.3, 0.4) is 0 Å². The largest absolute Gasteiger partial charge is 0.343 e. The Morgan fingerprint density at radius 2 is 1.93 bits per heavy atom. The predicted octanol–water partition coefficient (Wildman–Crippen LogP) is 4.45. The molecule has 0 aliphatic carbocycles. The molecule has 1 fully saturated rings. The molecule has 1 aromatic heterocycles. The number of aldehydes is 1. The van der Waals surface area contributed by atoms with Gasteiger partial charge >= 0.3 is 0 Å². The normalized spacial score (nSPS) is 20.6. The zero-order valence-electron chi connectivity index (χ0n) is 16.8. The monoisotopic (exact) mass is 393 g/mol. The van der Waals surface area contributed by atoms with Gasteiger partial charge < -0.3 is 9.69 Å². The Kier molecular flexibility index (Phi) is 5.47. The molecule has 146 valence electrons. The maximum absolute atomic E-state index is 10.8. The minimum absolute atomic E-state index is 0.397. The van der Waals surface area contributed by atoms with Crippen molar-refractivity contribution in [1.82, 2.24) is 9.88 Å². The Balaban J connectivity index is 1.49. The molecule has 1 aliphatic rings. The minimum atomic E-state index is 0.397. The molecule has 0 radical (unpaired) electrons. The van der Waals surface area contributed by atoms with E-state index in [-0.39, 0.29) is 0 Å². The van der Waals surface area contributed by atoms with Crippen molar-refractivity contribution in [2.75, 3.05) is 18.0 Å². The highest BCUT2D eigenvalue weighted by Crippen LogP contribution is 2.33. The molecular weight excluding hydrogens is 366 g/mol. The van der Waals surface area contributed by atoms with Crippen LogP contribution in [0.1, 0.15) is 30.5 Å². The van der Waals surface area contributed by atoms with Crippen LogP contribution in [-0.4, -0.2) is 41.3 Å². The minimum Gasteiger partial charge on any atom is -0.343 e. The fraction of sp³-hybridized carbons (Fsp3) is 0.391. The van der Waals surface area contributed by atoms with E-state index in [1.54, 1.807) is 11.3 Å². The maximum Gasteiger partial charge on any atom is 0.186 e. The Morgan fingerprint density at radius 3 is 2.75 bits per heavy atom. The molecule has 2 aromatic carbocycles. The number of aryl methyl sites for hydroxylation is 1. The van der Waals surface area contributed by atoms with Crippen molar-refractivity contribution in [1.29, 1.82) is 0 Å². The van der Waals surface area contributed by atoms with Gasteiger partial charge in [-0.05, 0) is 49.6 Å². The number of benzene rings is 2. The van der Waals surface area contributed by atoms with Crippen LogP contribution in [-0.2, 0) is 17.8 Å². The highest BCUT2D eigenvalue weighted by Gasteiger charge is 2.32. The first-order chi connectivity index (χ1) is 13.5. The van der Waals surface area contributed by atoms with Crippen LogP contribution in [0.25, 0.3) is 10.2 Å². The highest BCUT2D eigenvalue weighted by molar-refractivity contribution is 7.22. The summed E-state index contributed by atoms with van der Waals surface area (Å²) in [4.78, 5) is 20.7. The zero-order valence-corrected chi connectivity index (χ0v) is 17.6. The Labute approximate surface area is 170 Å². The summed E-state index contributed by atoms with van der Waals surface area (Å²) in [6.07, 6.45) is 1.47. The molecule has 0 amide bonds. The van der Waals surface area contributed by atoms with Crippen LogP contribution in [0.5, 0.6) is 0 Å². The Hall–Kier alpha value is -2.24. The zero-order chi connectivity index (χ0) is 19.7. The van der Waals surface area contributed by atoms with E-state index in [9.17, 15) is 4.79 Å². The number of thiazole rings is 1. The van der Waals surface area contributed by atoms with Crippen LogP contribution >= 0.6 is 11.3 Å². The first kappa shape index (κ1) is 19.1. The van der Waals surface area contributed by atoms with Crippen LogP contribution in [0.15, 0.2) is 42.5 Å². The smallest absolute Gasteiger partial charge is 0.186 e. The summed E-state index contributed by atoms with van der Waals surface area (Å²) >= 11 is 1.80. The molecule has 4 rings (SSSR count). The van der Waals surface area contributed by atoms with Crippen LogP contribution in [0.4, 0.5) is 5.13 Å². The number of aromatic nitrogens is 1. The third-order valence-electron chi connectivity index (χ3n) is 5.87. The van der Waals surface area contributed by atoms with Gasteiger partial charge in [-0.2, -0.15) is 0 Å². The van der Waals surface area contributed by atoms with E-state index in [0.717, 1.165) is 42.1 Å². The first-order valence-corrected chi connectivity index (χ1v) is 10.8. The number of fused-ring (bicyclic) bond motifs is 1. The summed E-state index contributed by atoms with van der Waals surface area (Å²) in [7, 11) is 0. The number of piperazine rings is 1. The fourth-order valence-corrected chi connectivity index (χ4v) is 5.21. The summed E-state index contributed by atoms with van der Waals surface area (Å²) in [5.41, 5.74) is 4.75. The van der Waals surface area contributed by atoms with Crippen molar-refractivity contribution in [2.24, 2.45) is 0 Å². The van der Waals surface area contributed by atoms with E-state index in [0.29, 0.717) is 18.5 Å². The third kappa shape index (κ3) is 3.82. The molecule has 5 heteroatoms. The lowest BCUT2D eigenvalue weighted by atomic mass is 10.0. The van der Waals surface area contributed by atoms with E-state index in [4.69, 9.17) is 4.98 Å². The van der Waals surface area contributed by atoms with Crippen molar-refractivity contribution < 1.29 is 4.79 Å². The summed E-state index contributed by atoms with van der Waals surface area (Å²) in [6.45, 7) is 9.66. The topological polar surface area (TPSA) is 36.4 Å². The lowest BCUT2D eigenvalue weighted by molar-refractivity contribution is -0.107. The third-order valence-corrected chi connectivity index (χ3v) is 6.92. The molecule has 0 N–H and O–H groups in total. The second-order valence-electron chi connectivity index (χ2n) is 7.80. The second kappa shape index (κ2) is 8.02. The van der Waals surface area contributed by atoms with E-state index >= 15 is 0 Å². The van der Waals surface area contributed by atoms with Crippen LogP contribution in [0.2, 0.25) is 0 Å². The van der Waals surface area contributed by atoms with Crippen molar-refractivity contribution in [2.45, 2.75) is 45.8 Å². The van der Waals surface area contributed by atoms with Gasteiger partial charge in [0.15, 0.2) is 5.13 Å². The van der Waals surface area contributed by atoms with E-state index in [1.807, 2.05) is 6.07 Å². The number of hydrogen-bond donors (Lipinski definition) is 0. The summed E-state index contributed by atoms with van der Waals surface area (Å²) in [5.74, 6) is 0. The van der Waals surface area contributed by atoms with E-state index in [2.05, 4.69) is 67.0 Å². The molecule has 1 saturated heterocycles. The van der Waals surface area contributed by atoms with Crippen LogP contribution < -0.4 is 4.90 Å². The first-order valence-electron chi connectivity index (χ1n) is 9.94. The van der Waals surface area contributed by atoms with Gasteiger partial charge in [-0.25, -0.2) is 4.98 Å². The second-order valence-corrected chi connectivity index (χ2v) is 8.81. The molecular formula is C23H27N3OS. The van der Waals surface area contributed by atoms with Crippen molar-refractivity contribution >= 4 is 33.0 Å². The standard InChI is InChI=1S/C23H27N3OS/c1-16-7-8-21-22(13-16)28-23(24-21)26-11-10-25(17(2)18(26)3)15-20-6-4-5-19(14-20)9-12-27/h4-8,12-14,17-18H,9-11,15H2,1-3H3/t17-,18+/m0/s1. The molecule has 0 unspecified atom stereocenters. The van der Waals surface area contributed by atoms with Gasteiger partial charge in [0.25, 0.3) is 0 Å². The van der Waals surface area contributed by atoms with Gasteiger partial charge in [0.05, 0.1) is 10.2 Å². The van der Waals surface area contributed by atoms with Crippen molar-refractivity contribution in [3.63, 3.8) is 0 Å². The SMILES string of the molecule is Cc1ccc2nc(N3CCN(Cc4cccc(CC=O)c4)[C@@H](C)[C@H]3C)sc2c1. The van der Waals surface area contributed by atoms with Crippen molar-refractivity contribution in [3.8, 4) is 0 Å². The predicted molar refractivity (Wildman–Crippen MR) is 117 cm³/mol. The molecule has 3 aromatic rings. The van der Waals surface area contributed by atoms with E-state index < -0.39 is 0 Å². The van der Waals surface area contributed by atoms with Crippen molar-refractivity contribution in [3.05, 3.63) is 59.2 Å². The number of anilines is 1. The molecule has 0 saturated carbocycles. The molecule has 0 spiro atoms. The van der Waals surface area contributed by atoms with Gasteiger partial charge in [0, 0.05) is 38.1 Å². The average Bonchev–Trinajstić information content (AvgIpc) is 3.09. The number of carbonyl (C=O) groups is 1. The molecule has 2 atom stereocenters. The molecule has 0 bridgehead atoms. The fourth-order valence-electron chi connectivity index (χ4n) is 4.03. The molecule has 4 nitrogen and oxygen atoms in total. The van der Waals surface area contributed by atoms with Gasteiger partial charge in [0.1, 0.15) is 6.29 Å². The summed E-state index contributed by atoms with van der Waals surface area (Å²) in [6, 6.07) is 15.7. The number of hydrogen-bond acceptors (Lipinski definition) is 5. The Morgan fingerprint density at radius 1 is 1.11 bits per heavy atom. The quantitative estimate of drug-likeness (QED) is 0.600. The molecule has 28 heavy (non-hydrogen) atoms. The molecule has 1 aliphatic heterocycles. The summed E-state index contributed by atoms with van der Waals surface area (Å²) < 4.78 is 1.27. The lowest BCUT2D eigenvalue weighted by Gasteiger charge is -2.45. The van der Waals surface area contributed by atoms with Crippen LogP contribution in [0, 0.1) is 6.92 Å². The molecule has 2 heterocycles. The summed E-state index contributed by atoms with van der Waals surface area (Å²) in [5, 5.41) is 1.13. The van der Waals surface area contributed by atoms with Gasteiger partial charge in [-0.1, -0.05) is 41.7 Å². The average molecular weight is 394 g/mol. The van der Waals surface area contributed by atoms with E-state index in [1.165, 1.54) is 15.8 Å². The number of nitrogens with zero attached hydrogens (tertiary/aromatic N) is 3. The van der Waals surface area contributed by atoms with Gasteiger partial charge in [-0.15, -0.1) is 0 Å². The highest BCUT2D eigenvalue weighted by atomic mass is 32.1. The Bertz CT molecular complexity index is 983. The number of rotatable bonds is 5. The van der Waals surface area contributed by atoms with Gasteiger partial charge in [0.2, 0.25) is 0 Å². The maximum atomic E-state index is 10.8. The number of carbonyl (C=O) groups excluding carboxylic acids is 1. The van der Waals surface area contributed by atoms with Gasteiger partial charge in [-0.3, -0.25) is 4.90 Å². The lowest BCUT2D eigenvalue weighted by Crippen LogP contribution is -2.57.